The molecule has 1 aromatic rings. The Morgan fingerprint density at radius 2 is 1.95 bits per heavy atom. The van der Waals surface area contributed by atoms with Gasteiger partial charge in [0.25, 0.3) is 0 Å². The zero-order chi connectivity index (χ0) is 14.0. The maximum atomic E-state index is 12.4. The highest BCUT2D eigenvalue weighted by Gasteiger charge is 2.34. The van der Waals surface area contributed by atoms with E-state index >= 15 is 0 Å². The van der Waals surface area contributed by atoms with Crippen LogP contribution in [0.15, 0.2) is 30.3 Å². The second-order valence-corrected chi connectivity index (χ2v) is 6.52. The highest BCUT2D eigenvalue weighted by Crippen LogP contribution is 2.29. The van der Waals surface area contributed by atoms with Gasteiger partial charge in [0.2, 0.25) is 5.91 Å². The summed E-state index contributed by atoms with van der Waals surface area (Å²) in [7, 11) is 0. The van der Waals surface area contributed by atoms with Gasteiger partial charge in [0.05, 0.1) is 6.04 Å². The highest BCUT2D eigenvalue weighted by molar-refractivity contribution is 5.82. The Balaban J connectivity index is 2.01. The van der Waals surface area contributed by atoms with Gasteiger partial charge in [-0.15, -0.1) is 0 Å². The lowest BCUT2D eigenvalue weighted by atomic mass is 9.86. The molecule has 1 aliphatic rings. The molecular formula is C16H24N2O. The summed E-state index contributed by atoms with van der Waals surface area (Å²) in [4.78, 5) is 14.3. The van der Waals surface area contributed by atoms with Gasteiger partial charge in [0.15, 0.2) is 0 Å². The number of nitrogens with two attached hydrogens (primary N) is 1. The maximum Gasteiger partial charge on any atom is 0.240 e. The van der Waals surface area contributed by atoms with Crippen LogP contribution in [-0.2, 0) is 4.79 Å². The van der Waals surface area contributed by atoms with Gasteiger partial charge in [-0.05, 0) is 17.4 Å². The van der Waals surface area contributed by atoms with Crippen LogP contribution in [0.1, 0.15) is 38.7 Å². The minimum Gasteiger partial charge on any atom is -0.341 e. The molecule has 104 valence electrons. The first-order chi connectivity index (χ1) is 8.89. The molecule has 19 heavy (non-hydrogen) atoms. The molecule has 2 rings (SSSR count). The zero-order valence-corrected chi connectivity index (χ0v) is 12.1. The molecule has 2 N–H and O–H groups in total. The normalized spacial score (nSPS) is 21.5. The molecule has 0 aliphatic carbocycles. The van der Waals surface area contributed by atoms with Gasteiger partial charge in [0.1, 0.15) is 0 Å². The number of benzene rings is 1. The molecule has 0 aromatic heterocycles. The number of nitrogens with zero attached hydrogens (tertiary/aromatic N) is 1. The van der Waals surface area contributed by atoms with E-state index in [2.05, 4.69) is 24.3 Å². The molecule has 1 amide bonds. The van der Waals surface area contributed by atoms with Crippen molar-refractivity contribution in [1.29, 1.82) is 0 Å². The summed E-state index contributed by atoms with van der Waals surface area (Å²) in [5.74, 6) is 0.545. The van der Waals surface area contributed by atoms with E-state index in [-0.39, 0.29) is 11.3 Å². The standard InChI is InChI=1S/C16H24N2O/c1-16(2,3)14(17)15(19)18-10-9-13(11-18)12-7-5-4-6-8-12/h4-8,13-14H,9-11,17H2,1-3H3/t13?,14-/m1/s1. The SMILES string of the molecule is CC(C)(C)[C@H](N)C(=O)N1CCC(c2ccccc2)C1. The van der Waals surface area contributed by atoms with Crippen molar-refractivity contribution in [3.63, 3.8) is 0 Å². The van der Waals surface area contributed by atoms with Crippen LogP contribution in [0.5, 0.6) is 0 Å². The van der Waals surface area contributed by atoms with Gasteiger partial charge < -0.3 is 10.6 Å². The molecule has 0 spiro atoms. The van der Waals surface area contributed by atoms with Crippen LogP contribution in [0, 0.1) is 5.41 Å². The predicted molar refractivity (Wildman–Crippen MR) is 77.8 cm³/mol. The van der Waals surface area contributed by atoms with Gasteiger partial charge in [0, 0.05) is 19.0 Å². The molecule has 1 fully saturated rings. The summed E-state index contributed by atoms with van der Waals surface area (Å²) in [6.07, 6.45) is 1.03. The molecule has 1 heterocycles. The van der Waals surface area contributed by atoms with E-state index in [9.17, 15) is 4.79 Å². The summed E-state index contributed by atoms with van der Waals surface area (Å²) in [5.41, 5.74) is 7.21. The first-order valence-corrected chi connectivity index (χ1v) is 6.99. The summed E-state index contributed by atoms with van der Waals surface area (Å²) in [6, 6.07) is 10.0. The molecular weight excluding hydrogens is 236 g/mol. The van der Waals surface area contributed by atoms with E-state index in [0.717, 1.165) is 19.5 Å². The Labute approximate surface area is 115 Å². The van der Waals surface area contributed by atoms with Gasteiger partial charge in [-0.3, -0.25) is 4.79 Å². The van der Waals surface area contributed by atoms with Crippen LogP contribution >= 0.6 is 0 Å². The quantitative estimate of drug-likeness (QED) is 0.887. The monoisotopic (exact) mass is 260 g/mol. The number of rotatable bonds is 2. The molecule has 3 nitrogen and oxygen atoms in total. The van der Waals surface area contributed by atoms with Crippen molar-refractivity contribution in [3.05, 3.63) is 35.9 Å². The molecule has 1 aliphatic heterocycles. The lowest BCUT2D eigenvalue weighted by Gasteiger charge is -2.30. The maximum absolute atomic E-state index is 12.4. The lowest BCUT2D eigenvalue weighted by molar-refractivity contribution is -0.133. The number of carbonyl (C=O) groups excluding carboxylic acids is 1. The molecule has 1 saturated heterocycles. The van der Waals surface area contributed by atoms with E-state index in [4.69, 9.17) is 5.73 Å². The summed E-state index contributed by atoms with van der Waals surface area (Å²) in [5, 5.41) is 0. The van der Waals surface area contributed by atoms with Crippen molar-refractivity contribution >= 4 is 5.91 Å². The van der Waals surface area contributed by atoms with Crippen molar-refractivity contribution in [1.82, 2.24) is 4.90 Å². The average molecular weight is 260 g/mol. The average Bonchev–Trinajstić information content (AvgIpc) is 2.86. The number of hydrogen-bond donors (Lipinski definition) is 1. The van der Waals surface area contributed by atoms with Gasteiger partial charge in [-0.25, -0.2) is 0 Å². The zero-order valence-electron chi connectivity index (χ0n) is 12.1. The first kappa shape index (κ1) is 14.1. The topological polar surface area (TPSA) is 46.3 Å². The van der Waals surface area contributed by atoms with E-state index in [1.165, 1.54) is 5.56 Å². The number of carbonyl (C=O) groups is 1. The Morgan fingerprint density at radius 1 is 1.32 bits per heavy atom. The van der Waals surface area contributed by atoms with Crippen LogP contribution in [0.2, 0.25) is 0 Å². The van der Waals surface area contributed by atoms with Gasteiger partial charge in [-0.1, -0.05) is 51.1 Å². The molecule has 0 bridgehead atoms. The minimum atomic E-state index is -0.415. The molecule has 0 radical (unpaired) electrons. The Morgan fingerprint density at radius 3 is 2.53 bits per heavy atom. The lowest BCUT2D eigenvalue weighted by Crippen LogP contribution is -2.49. The van der Waals surface area contributed by atoms with E-state index < -0.39 is 6.04 Å². The molecule has 2 atom stereocenters. The van der Waals surface area contributed by atoms with Crippen molar-refractivity contribution in [3.8, 4) is 0 Å². The third-order valence-electron chi connectivity index (χ3n) is 3.97. The van der Waals surface area contributed by atoms with Gasteiger partial charge >= 0.3 is 0 Å². The fourth-order valence-electron chi connectivity index (χ4n) is 2.52. The van der Waals surface area contributed by atoms with Crippen molar-refractivity contribution < 1.29 is 4.79 Å². The summed E-state index contributed by atoms with van der Waals surface area (Å²) < 4.78 is 0. The van der Waals surface area contributed by atoms with E-state index in [1.54, 1.807) is 0 Å². The second kappa shape index (κ2) is 5.33. The fourth-order valence-corrected chi connectivity index (χ4v) is 2.52. The molecule has 3 heteroatoms. The predicted octanol–water partition coefficient (Wildman–Crippen LogP) is 2.38. The van der Waals surface area contributed by atoms with Crippen LogP contribution in [0.3, 0.4) is 0 Å². The Kier molecular flexibility index (Phi) is 3.95. The summed E-state index contributed by atoms with van der Waals surface area (Å²) in [6.45, 7) is 7.66. The van der Waals surface area contributed by atoms with Crippen LogP contribution in [-0.4, -0.2) is 29.9 Å². The van der Waals surface area contributed by atoms with Crippen LogP contribution in [0.25, 0.3) is 0 Å². The largest absolute Gasteiger partial charge is 0.341 e. The highest BCUT2D eigenvalue weighted by atomic mass is 16.2. The number of likely N-dealkylation sites (tertiary alicyclic amines) is 1. The molecule has 1 aromatic carbocycles. The van der Waals surface area contributed by atoms with Crippen LogP contribution in [0.4, 0.5) is 0 Å². The third kappa shape index (κ3) is 3.16. The smallest absolute Gasteiger partial charge is 0.240 e. The van der Waals surface area contributed by atoms with Crippen molar-refractivity contribution in [2.45, 2.75) is 39.2 Å². The fraction of sp³-hybridized carbons (Fsp3) is 0.562. The Hall–Kier alpha value is -1.35. The number of hydrogen-bond acceptors (Lipinski definition) is 2. The first-order valence-electron chi connectivity index (χ1n) is 6.99. The van der Waals surface area contributed by atoms with Crippen molar-refractivity contribution in [2.75, 3.05) is 13.1 Å². The Bertz CT molecular complexity index is 436. The molecule has 0 saturated carbocycles. The molecule has 1 unspecified atom stereocenters. The third-order valence-corrected chi connectivity index (χ3v) is 3.97. The summed E-state index contributed by atoms with van der Waals surface area (Å²) >= 11 is 0. The second-order valence-electron chi connectivity index (χ2n) is 6.52. The van der Waals surface area contributed by atoms with E-state index in [0.29, 0.717) is 5.92 Å². The van der Waals surface area contributed by atoms with Gasteiger partial charge in [-0.2, -0.15) is 0 Å². The van der Waals surface area contributed by atoms with Crippen molar-refractivity contribution in [2.24, 2.45) is 11.1 Å². The number of amides is 1. The van der Waals surface area contributed by atoms with E-state index in [1.807, 2.05) is 31.7 Å². The minimum absolute atomic E-state index is 0.0888. The van der Waals surface area contributed by atoms with Crippen LogP contribution < -0.4 is 5.73 Å².